The lowest BCUT2D eigenvalue weighted by molar-refractivity contribution is -0.322. The number of hydrogen-bond acceptors (Lipinski definition) is 17. The summed E-state index contributed by atoms with van der Waals surface area (Å²) >= 11 is 0. The minimum absolute atomic E-state index is 0.0905. The van der Waals surface area contributed by atoms with E-state index in [-0.39, 0.29) is 55.6 Å². The molecule has 3 N–H and O–H groups in total. The second-order valence-corrected chi connectivity index (χ2v) is 22.1. The number of aliphatic hydroxyl groups excluding tert-OH is 3. The first kappa shape index (κ1) is 63.9. The van der Waals surface area contributed by atoms with E-state index >= 15 is 0 Å². The van der Waals surface area contributed by atoms with Crippen molar-refractivity contribution in [3.63, 3.8) is 0 Å². The number of allylic oxidation sites excluding steroid dienone is 8. The molecule has 0 bridgehead atoms. The Morgan fingerprint density at radius 2 is 0.959 bits per heavy atom. The first-order valence-corrected chi connectivity index (χ1v) is 27.3. The average Bonchev–Trinajstić information content (AvgIpc) is 3.79. The predicted molar refractivity (Wildman–Crippen MR) is 278 cm³/mol. The van der Waals surface area contributed by atoms with Crippen LogP contribution < -0.4 is 0 Å². The van der Waals surface area contributed by atoms with Crippen LogP contribution in [-0.4, -0.2) is 146 Å². The third-order valence-corrected chi connectivity index (χ3v) is 14.9. The van der Waals surface area contributed by atoms with E-state index in [0.717, 1.165) is 25.7 Å². The Hall–Kier alpha value is -2.62. The quantitative estimate of drug-likeness (QED) is 0.0337. The number of ether oxygens (including phenoxy) is 12. The number of rotatable bonds is 31. The van der Waals surface area contributed by atoms with Crippen molar-refractivity contribution in [1.82, 2.24) is 0 Å². The first-order chi connectivity index (χ1) is 35.0. The van der Waals surface area contributed by atoms with Crippen molar-refractivity contribution in [3.8, 4) is 0 Å². The first-order valence-electron chi connectivity index (χ1n) is 27.3. The fourth-order valence-corrected chi connectivity index (χ4v) is 10.5. The molecule has 2 spiro atoms. The van der Waals surface area contributed by atoms with Gasteiger partial charge in [-0.05, 0) is 131 Å². The van der Waals surface area contributed by atoms with Gasteiger partial charge in [0, 0.05) is 37.9 Å². The van der Waals surface area contributed by atoms with Crippen LogP contribution in [0.2, 0.25) is 0 Å². The fourth-order valence-electron chi connectivity index (χ4n) is 10.5. The van der Waals surface area contributed by atoms with Crippen molar-refractivity contribution in [3.05, 3.63) is 48.6 Å². The third kappa shape index (κ3) is 18.8. The zero-order valence-electron chi connectivity index (χ0n) is 47.1. The molecule has 0 aliphatic carbocycles. The molecule has 16 atom stereocenters. The maximum atomic E-state index is 14.0. The maximum absolute atomic E-state index is 14.0. The summed E-state index contributed by atoms with van der Waals surface area (Å²) in [5.74, 6) is -6.94. The molecule has 4 rings (SSSR count). The van der Waals surface area contributed by atoms with Gasteiger partial charge in [-0.2, -0.15) is 0 Å². The average molecular weight is 1050 g/mol. The van der Waals surface area contributed by atoms with E-state index in [1.54, 1.807) is 48.8 Å². The van der Waals surface area contributed by atoms with Crippen molar-refractivity contribution in [2.75, 3.05) is 34.9 Å². The molecule has 4 aliphatic rings. The molecule has 17 nitrogen and oxygen atoms in total. The van der Waals surface area contributed by atoms with E-state index in [4.69, 9.17) is 56.8 Å². The van der Waals surface area contributed by atoms with Gasteiger partial charge in [-0.3, -0.25) is 0 Å². The molecular formula is C57H96O17. The summed E-state index contributed by atoms with van der Waals surface area (Å²) in [7, 11) is 4.46. The van der Waals surface area contributed by atoms with Gasteiger partial charge >= 0.3 is 11.9 Å². The minimum atomic E-state index is -1.40. The van der Waals surface area contributed by atoms with Crippen LogP contribution in [0.1, 0.15) is 159 Å². The number of methoxy groups -OCH3 is 3. The SMILES string of the molecule is COCO[C@@H](CC/C=C/C=C\CC[C@H](C)OC(=O)C1OC(C)(C)O[C@]12O[C@H]([C@H](C)C(O)C[C@H](CC/C=C/C=C\CC[C@H](C)O)OCOC)CC[C@H]2C)CC(O)[C@@H](C)[C@@H]1CC[C@@H](C)[C@]2(O1)OC(C)(C)OC2C(=O)OC. The largest absolute Gasteiger partial charge is 0.467 e. The smallest absolute Gasteiger partial charge is 0.341 e. The summed E-state index contributed by atoms with van der Waals surface area (Å²) in [6.07, 6.45) is 19.4. The minimum Gasteiger partial charge on any atom is -0.467 e. The van der Waals surface area contributed by atoms with E-state index in [2.05, 4.69) is 6.08 Å². The van der Waals surface area contributed by atoms with Crippen molar-refractivity contribution in [2.45, 2.75) is 243 Å². The van der Waals surface area contributed by atoms with Crippen molar-refractivity contribution < 1.29 is 81.8 Å². The number of carbonyl (C=O) groups is 2. The maximum Gasteiger partial charge on any atom is 0.341 e. The monoisotopic (exact) mass is 1050 g/mol. The summed E-state index contributed by atoms with van der Waals surface area (Å²) in [5.41, 5.74) is 0. The van der Waals surface area contributed by atoms with Crippen LogP contribution in [0.5, 0.6) is 0 Å². The number of carbonyl (C=O) groups excluding carboxylic acids is 2. The van der Waals surface area contributed by atoms with Gasteiger partial charge < -0.3 is 72.2 Å². The summed E-state index contributed by atoms with van der Waals surface area (Å²) in [5, 5.41) is 32.5. The Kier molecular flexibility index (Phi) is 26.3. The number of esters is 2. The van der Waals surface area contributed by atoms with Gasteiger partial charge in [-0.15, -0.1) is 0 Å². The van der Waals surface area contributed by atoms with Gasteiger partial charge in [-0.1, -0.05) is 76.3 Å². The third-order valence-electron chi connectivity index (χ3n) is 14.9. The highest BCUT2D eigenvalue weighted by Gasteiger charge is 2.65. The lowest BCUT2D eigenvalue weighted by Crippen LogP contribution is -2.58. The normalized spacial score (nSPS) is 31.4. The molecule has 426 valence electrons. The summed E-state index contributed by atoms with van der Waals surface area (Å²) in [6, 6.07) is 0. The lowest BCUT2D eigenvalue weighted by atomic mass is 9.81. The van der Waals surface area contributed by atoms with Crippen LogP contribution in [0.15, 0.2) is 48.6 Å². The Balaban J connectivity index is 1.25. The zero-order valence-corrected chi connectivity index (χ0v) is 47.1. The second kappa shape index (κ2) is 30.5. The molecule has 4 saturated heterocycles. The summed E-state index contributed by atoms with van der Waals surface area (Å²) < 4.78 is 72.0. The molecule has 4 unspecified atom stereocenters. The Labute approximate surface area is 442 Å². The molecule has 17 heteroatoms. The molecule has 0 radical (unpaired) electrons. The molecule has 0 saturated carbocycles. The van der Waals surface area contributed by atoms with E-state index in [1.807, 2.05) is 77.2 Å². The van der Waals surface area contributed by atoms with Crippen LogP contribution >= 0.6 is 0 Å². The van der Waals surface area contributed by atoms with Gasteiger partial charge in [0.1, 0.15) is 13.6 Å². The van der Waals surface area contributed by atoms with Gasteiger partial charge in [0.25, 0.3) is 0 Å². The number of aliphatic hydroxyl groups is 3. The van der Waals surface area contributed by atoms with Gasteiger partial charge in [-0.25, -0.2) is 9.59 Å². The van der Waals surface area contributed by atoms with E-state index in [9.17, 15) is 24.9 Å². The van der Waals surface area contributed by atoms with E-state index in [1.165, 1.54) is 7.11 Å². The summed E-state index contributed by atoms with van der Waals surface area (Å²) in [4.78, 5) is 26.8. The Morgan fingerprint density at radius 3 is 1.35 bits per heavy atom. The fraction of sp³-hybridized carbons (Fsp3) is 0.825. The molecule has 74 heavy (non-hydrogen) atoms. The van der Waals surface area contributed by atoms with Crippen LogP contribution in [-0.2, 0) is 66.4 Å². The highest BCUT2D eigenvalue weighted by molar-refractivity contribution is 5.77. The Morgan fingerprint density at radius 1 is 0.568 bits per heavy atom. The van der Waals surface area contributed by atoms with Crippen LogP contribution in [0.3, 0.4) is 0 Å². The van der Waals surface area contributed by atoms with Crippen molar-refractivity contribution >= 4 is 11.9 Å². The molecule has 4 aliphatic heterocycles. The van der Waals surface area contributed by atoms with Crippen LogP contribution in [0, 0.1) is 23.7 Å². The van der Waals surface area contributed by atoms with E-state index in [0.29, 0.717) is 64.2 Å². The van der Waals surface area contributed by atoms with Crippen LogP contribution in [0.25, 0.3) is 0 Å². The highest BCUT2D eigenvalue weighted by Crippen LogP contribution is 2.51. The summed E-state index contributed by atoms with van der Waals surface area (Å²) in [6.45, 7) is 18.8. The standard InChI is InChI=1S/C57H96O17/c1-38-30-32-48(69-56(38)50(52(61)65-13)71-54(7,8)73-56)42(5)46(59)34-45(67-37-64-12)29-25-21-17-15-19-23-27-41(4)68-53(62)51-57(74-55(9,10)72-51)39(2)31-33-49(70-57)43(6)47(60)35-44(66-36-63-11)28-24-20-16-14-18-22-26-40(3)58/h14-21,38-51,58-60H,22-37H2,1-13H3/b18-14-,19-15-,20-16+,21-17+/t38-,39-,40+,41+,42-,43-,44+,45+,46?,47?,48+,49+,50?,51?,56+,57+/m1/s1. The molecule has 0 amide bonds. The second-order valence-electron chi connectivity index (χ2n) is 22.1. The van der Waals surface area contributed by atoms with Gasteiger partial charge in [0.2, 0.25) is 23.8 Å². The molecule has 0 aromatic carbocycles. The van der Waals surface area contributed by atoms with Crippen LogP contribution in [0.4, 0.5) is 0 Å². The molecule has 0 aromatic heterocycles. The van der Waals surface area contributed by atoms with Gasteiger partial charge in [0.15, 0.2) is 11.6 Å². The lowest BCUT2D eigenvalue weighted by Gasteiger charge is -2.46. The topological polar surface area (TPSA) is 206 Å². The number of hydrogen-bond donors (Lipinski definition) is 3. The molecule has 4 fully saturated rings. The van der Waals surface area contributed by atoms with Crippen molar-refractivity contribution in [1.29, 1.82) is 0 Å². The zero-order chi connectivity index (χ0) is 54.7. The Bertz CT molecular complexity index is 1780. The van der Waals surface area contributed by atoms with Crippen molar-refractivity contribution in [2.24, 2.45) is 23.7 Å². The van der Waals surface area contributed by atoms with E-state index < -0.39 is 77.8 Å². The molecule has 0 aromatic rings. The molecule has 4 heterocycles. The van der Waals surface area contributed by atoms with Gasteiger partial charge in [0.05, 0.1) is 55.9 Å². The highest BCUT2D eigenvalue weighted by atomic mass is 16.9. The predicted octanol–water partition coefficient (Wildman–Crippen LogP) is 8.90. The molecular weight excluding hydrogens is 957 g/mol.